The molecule has 0 saturated heterocycles. The zero-order valence-corrected chi connectivity index (χ0v) is 19.5. The van der Waals surface area contributed by atoms with Crippen LogP contribution in [0.5, 0.6) is 11.5 Å². The van der Waals surface area contributed by atoms with Gasteiger partial charge in [-0.3, -0.25) is 4.79 Å². The molecule has 1 N–H and O–H groups in total. The van der Waals surface area contributed by atoms with Crippen LogP contribution in [0.4, 0.5) is 0 Å². The highest BCUT2D eigenvalue weighted by Crippen LogP contribution is 2.41. The number of fused-ring (bicyclic) bond motifs is 1. The molecule has 1 aliphatic rings. The van der Waals surface area contributed by atoms with Crippen molar-refractivity contribution in [1.29, 1.82) is 0 Å². The molecule has 3 rings (SSSR count). The average Bonchev–Trinajstić information content (AvgIpc) is 2.67. The number of amides is 1. The number of benzene rings is 2. The van der Waals surface area contributed by atoms with E-state index in [4.69, 9.17) is 9.47 Å². The van der Waals surface area contributed by atoms with Crippen LogP contribution in [-0.4, -0.2) is 44.1 Å². The van der Waals surface area contributed by atoms with Gasteiger partial charge in [0.2, 0.25) is 15.9 Å². The summed E-state index contributed by atoms with van der Waals surface area (Å²) in [5, 5.41) is 3.00. The van der Waals surface area contributed by atoms with E-state index in [-0.39, 0.29) is 25.0 Å². The van der Waals surface area contributed by atoms with Crippen molar-refractivity contribution in [3.05, 3.63) is 59.2 Å². The molecule has 0 radical (unpaired) electrons. The molecule has 0 bridgehead atoms. The van der Waals surface area contributed by atoms with Crippen LogP contribution in [0.3, 0.4) is 0 Å². The number of hydrogen-bond acceptors (Lipinski definition) is 5. The Morgan fingerprint density at radius 2 is 1.90 bits per heavy atom. The lowest BCUT2D eigenvalue weighted by Crippen LogP contribution is -2.45. The standard InChI is InChI=1S/C23H30N2O5S/c1-16-6-8-17(9-7-16)14-25(31(5,27)28)15-22(26)24-20-13-23(2,3)30-21-11-10-18(29-4)12-19(20)21/h6-12,20H,13-15H2,1-5H3,(H,24,26)/t20-/m0/s1. The van der Waals surface area contributed by atoms with Crippen LogP contribution in [0.15, 0.2) is 42.5 Å². The molecule has 2 aromatic carbocycles. The lowest BCUT2D eigenvalue weighted by Gasteiger charge is -2.38. The first-order chi connectivity index (χ1) is 14.5. The lowest BCUT2D eigenvalue weighted by atomic mass is 9.89. The van der Waals surface area contributed by atoms with E-state index in [1.54, 1.807) is 7.11 Å². The van der Waals surface area contributed by atoms with Crippen LogP contribution in [0.1, 0.15) is 43.0 Å². The van der Waals surface area contributed by atoms with Crippen LogP contribution < -0.4 is 14.8 Å². The van der Waals surface area contributed by atoms with Gasteiger partial charge in [-0.2, -0.15) is 4.31 Å². The molecule has 1 heterocycles. The number of methoxy groups -OCH3 is 1. The molecule has 0 unspecified atom stereocenters. The number of rotatable bonds is 7. The third-order valence-electron chi connectivity index (χ3n) is 5.28. The van der Waals surface area contributed by atoms with Crippen molar-refractivity contribution in [3.8, 4) is 11.5 Å². The van der Waals surface area contributed by atoms with Crippen molar-refractivity contribution in [3.63, 3.8) is 0 Å². The second kappa shape index (κ2) is 8.88. The fraction of sp³-hybridized carbons (Fsp3) is 0.435. The second-order valence-corrected chi connectivity index (χ2v) is 10.6. The van der Waals surface area contributed by atoms with Crippen LogP contribution in [0, 0.1) is 6.92 Å². The van der Waals surface area contributed by atoms with Crippen molar-refractivity contribution in [2.24, 2.45) is 0 Å². The van der Waals surface area contributed by atoms with Gasteiger partial charge in [-0.1, -0.05) is 29.8 Å². The SMILES string of the molecule is COc1ccc2c(c1)[C@@H](NC(=O)CN(Cc1ccc(C)cc1)S(C)(=O)=O)CC(C)(C)O2. The number of carbonyl (C=O) groups is 1. The van der Waals surface area contributed by atoms with E-state index in [1.165, 1.54) is 4.31 Å². The second-order valence-electron chi connectivity index (χ2n) is 8.61. The van der Waals surface area contributed by atoms with Gasteiger partial charge in [-0.25, -0.2) is 8.42 Å². The summed E-state index contributed by atoms with van der Waals surface area (Å²) in [6.07, 6.45) is 1.67. The Morgan fingerprint density at radius 3 is 2.52 bits per heavy atom. The maximum absolute atomic E-state index is 12.9. The van der Waals surface area contributed by atoms with Crippen molar-refractivity contribution in [1.82, 2.24) is 9.62 Å². The topological polar surface area (TPSA) is 84.9 Å². The van der Waals surface area contributed by atoms with Crippen LogP contribution in [0.2, 0.25) is 0 Å². The highest BCUT2D eigenvalue weighted by molar-refractivity contribution is 7.88. The fourth-order valence-corrected chi connectivity index (χ4v) is 4.41. The van der Waals surface area contributed by atoms with Gasteiger partial charge in [0.25, 0.3) is 0 Å². The maximum Gasteiger partial charge on any atom is 0.235 e. The van der Waals surface area contributed by atoms with E-state index < -0.39 is 15.6 Å². The molecule has 1 atom stereocenters. The molecule has 168 valence electrons. The minimum absolute atomic E-state index is 0.135. The Morgan fingerprint density at radius 1 is 1.23 bits per heavy atom. The first-order valence-corrected chi connectivity index (χ1v) is 12.0. The Labute approximate surface area is 184 Å². The highest BCUT2D eigenvalue weighted by atomic mass is 32.2. The molecule has 0 aliphatic carbocycles. The van der Waals surface area contributed by atoms with Gasteiger partial charge in [-0.15, -0.1) is 0 Å². The first kappa shape index (κ1) is 23.1. The number of nitrogens with one attached hydrogen (secondary N) is 1. The van der Waals surface area contributed by atoms with Crippen molar-refractivity contribution in [2.75, 3.05) is 19.9 Å². The number of aryl methyl sites for hydroxylation is 1. The fourth-order valence-electron chi connectivity index (χ4n) is 3.68. The molecule has 0 aromatic heterocycles. The summed E-state index contributed by atoms with van der Waals surface area (Å²) in [4.78, 5) is 12.9. The summed E-state index contributed by atoms with van der Waals surface area (Å²) >= 11 is 0. The van der Waals surface area contributed by atoms with E-state index in [1.807, 2.05) is 63.2 Å². The van der Waals surface area contributed by atoms with Crippen LogP contribution in [-0.2, 0) is 21.4 Å². The van der Waals surface area contributed by atoms with Gasteiger partial charge >= 0.3 is 0 Å². The summed E-state index contributed by atoms with van der Waals surface area (Å²) in [5.41, 5.74) is 2.25. The van der Waals surface area contributed by atoms with Gasteiger partial charge < -0.3 is 14.8 Å². The molecule has 0 saturated carbocycles. The molecule has 0 spiro atoms. The van der Waals surface area contributed by atoms with Crippen molar-refractivity contribution >= 4 is 15.9 Å². The zero-order chi connectivity index (χ0) is 22.8. The van der Waals surface area contributed by atoms with Crippen LogP contribution in [0.25, 0.3) is 0 Å². The third-order valence-corrected chi connectivity index (χ3v) is 6.47. The molecule has 31 heavy (non-hydrogen) atoms. The largest absolute Gasteiger partial charge is 0.497 e. The smallest absolute Gasteiger partial charge is 0.235 e. The molecule has 2 aromatic rings. The Kier molecular flexibility index (Phi) is 6.62. The predicted molar refractivity (Wildman–Crippen MR) is 120 cm³/mol. The zero-order valence-electron chi connectivity index (χ0n) is 18.6. The minimum Gasteiger partial charge on any atom is -0.497 e. The molecule has 1 amide bonds. The van der Waals surface area contributed by atoms with E-state index in [0.717, 1.165) is 22.9 Å². The van der Waals surface area contributed by atoms with E-state index in [0.29, 0.717) is 17.9 Å². The van der Waals surface area contributed by atoms with E-state index >= 15 is 0 Å². The monoisotopic (exact) mass is 446 g/mol. The summed E-state index contributed by atoms with van der Waals surface area (Å²) in [5.74, 6) is 0.981. The van der Waals surface area contributed by atoms with Crippen molar-refractivity contribution in [2.45, 2.75) is 45.4 Å². The van der Waals surface area contributed by atoms with E-state index in [9.17, 15) is 13.2 Å². The normalized spacial score (nSPS) is 17.5. The molecule has 0 fully saturated rings. The van der Waals surface area contributed by atoms with Crippen molar-refractivity contribution < 1.29 is 22.7 Å². The van der Waals surface area contributed by atoms with Gasteiger partial charge in [-0.05, 0) is 44.5 Å². The molecule has 7 nitrogen and oxygen atoms in total. The molecule has 1 aliphatic heterocycles. The van der Waals surface area contributed by atoms with Gasteiger partial charge in [0, 0.05) is 18.5 Å². The highest BCUT2D eigenvalue weighted by Gasteiger charge is 2.35. The van der Waals surface area contributed by atoms with E-state index in [2.05, 4.69) is 5.32 Å². The number of hydrogen-bond donors (Lipinski definition) is 1. The van der Waals surface area contributed by atoms with Gasteiger partial charge in [0.1, 0.15) is 17.1 Å². The molecular formula is C23H30N2O5S. The summed E-state index contributed by atoms with van der Waals surface area (Å²) in [6.45, 7) is 5.76. The molecular weight excluding hydrogens is 416 g/mol. The number of nitrogens with zero attached hydrogens (tertiary/aromatic N) is 1. The number of carbonyl (C=O) groups excluding carboxylic acids is 1. The Hall–Kier alpha value is -2.58. The quantitative estimate of drug-likeness (QED) is 0.706. The van der Waals surface area contributed by atoms with Crippen LogP contribution >= 0.6 is 0 Å². The number of ether oxygens (including phenoxy) is 2. The maximum atomic E-state index is 12.9. The lowest BCUT2D eigenvalue weighted by molar-refractivity contribution is -0.122. The average molecular weight is 447 g/mol. The summed E-state index contributed by atoms with van der Waals surface area (Å²) in [6, 6.07) is 12.7. The predicted octanol–water partition coefficient (Wildman–Crippen LogP) is 3.18. The summed E-state index contributed by atoms with van der Waals surface area (Å²) < 4.78 is 37.2. The minimum atomic E-state index is -3.58. The number of sulfonamides is 1. The van der Waals surface area contributed by atoms with Gasteiger partial charge in [0.15, 0.2) is 0 Å². The molecule has 8 heteroatoms. The summed E-state index contributed by atoms with van der Waals surface area (Å²) in [7, 11) is -1.99. The van der Waals surface area contributed by atoms with Gasteiger partial charge in [0.05, 0.1) is 26.0 Å². The first-order valence-electron chi connectivity index (χ1n) is 10.1. The Balaban J connectivity index is 1.78. The Bertz CT molecular complexity index is 1050. The third kappa shape index (κ3) is 5.98.